The van der Waals surface area contributed by atoms with Gasteiger partial charge in [0.25, 0.3) is 5.89 Å². The summed E-state index contributed by atoms with van der Waals surface area (Å²) in [5.74, 6) is -0.840. The van der Waals surface area contributed by atoms with Crippen molar-refractivity contribution in [2.45, 2.75) is 0 Å². The fraction of sp³-hybridized carbons (Fsp3) is 0. The Bertz CT molecular complexity index is 820. The van der Waals surface area contributed by atoms with E-state index >= 15 is 0 Å². The maximum Gasteiger partial charge on any atom is 0.261 e. The zero-order valence-corrected chi connectivity index (χ0v) is 12.1. The molecule has 106 valence electrons. The molecule has 0 aliphatic carbocycles. The average molecular weight is 352 g/mol. The summed E-state index contributed by atoms with van der Waals surface area (Å²) in [6, 6.07) is 8.23. The van der Waals surface area contributed by atoms with Gasteiger partial charge in [-0.2, -0.15) is 4.98 Å². The summed E-state index contributed by atoms with van der Waals surface area (Å²) in [5, 5.41) is 3.75. The number of nitrogens with two attached hydrogens (primary N) is 1. The summed E-state index contributed by atoms with van der Waals surface area (Å²) in [7, 11) is 0. The number of hydrogen-bond donors (Lipinski definition) is 1. The van der Waals surface area contributed by atoms with E-state index in [1.165, 1.54) is 30.3 Å². The highest BCUT2D eigenvalue weighted by Crippen LogP contribution is 2.30. The number of aromatic nitrogens is 2. The zero-order chi connectivity index (χ0) is 15.0. The smallest absolute Gasteiger partial charge is 0.261 e. The molecule has 3 aromatic rings. The molecule has 0 fully saturated rings. The monoisotopic (exact) mass is 351 g/mol. The highest BCUT2D eigenvalue weighted by Gasteiger charge is 2.16. The molecule has 4 nitrogen and oxygen atoms in total. The Hall–Kier alpha value is -2.28. The Kier molecular flexibility index (Phi) is 3.42. The van der Waals surface area contributed by atoms with E-state index < -0.39 is 11.6 Å². The summed E-state index contributed by atoms with van der Waals surface area (Å²) >= 11 is 3.28. The lowest BCUT2D eigenvalue weighted by Gasteiger charge is -1.99. The Morgan fingerprint density at radius 2 is 1.86 bits per heavy atom. The quantitative estimate of drug-likeness (QED) is 0.708. The van der Waals surface area contributed by atoms with Crippen LogP contribution in [0.4, 0.5) is 14.5 Å². The van der Waals surface area contributed by atoms with Crippen LogP contribution in [0.25, 0.3) is 22.8 Å². The van der Waals surface area contributed by atoms with Crippen LogP contribution in [0.1, 0.15) is 0 Å². The molecule has 0 atom stereocenters. The van der Waals surface area contributed by atoms with E-state index in [1.54, 1.807) is 0 Å². The second kappa shape index (κ2) is 5.25. The Morgan fingerprint density at radius 1 is 1.05 bits per heavy atom. The van der Waals surface area contributed by atoms with Gasteiger partial charge in [0.05, 0.1) is 5.56 Å². The van der Waals surface area contributed by atoms with Crippen LogP contribution in [-0.4, -0.2) is 10.1 Å². The number of rotatable bonds is 2. The van der Waals surface area contributed by atoms with Gasteiger partial charge >= 0.3 is 0 Å². The second-order valence-corrected chi connectivity index (χ2v) is 5.14. The minimum atomic E-state index is -0.566. The summed E-state index contributed by atoms with van der Waals surface area (Å²) in [6.45, 7) is 0. The molecule has 1 aromatic heterocycles. The molecule has 0 radical (unpaired) electrons. The Balaban J connectivity index is 2.06. The van der Waals surface area contributed by atoms with Crippen molar-refractivity contribution in [2.24, 2.45) is 0 Å². The van der Waals surface area contributed by atoms with Crippen molar-refractivity contribution >= 4 is 21.6 Å². The van der Waals surface area contributed by atoms with Gasteiger partial charge in [-0.25, -0.2) is 8.78 Å². The summed E-state index contributed by atoms with van der Waals surface area (Å²) < 4.78 is 32.7. The van der Waals surface area contributed by atoms with Crippen LogP contribution in [-0.2, 0) is 0 Å². The highest BCUT2D eigenvalue weighted by atomic mass is 79.9. The summed E-state index contributed by atoms with van der Waals surface area (Å²) in [4.78, 5) is 4.09. The van der Waals surface area contributed by atoms with Gasteiger partial charge in [0, 0.05) is 15.7 Å². The lowest BCUT2D eigenvalue weighted by molar-refractivity contribution is 0.429. The fourth-order valence-corrected chi connectivity index (χ4v) is 2.24. The van der Waals surface area contributed by atoms with Crippen molar-refractivity contribution < 1.29 is 13.3 Å². The average Bonchev–Trinajstić information content (AvgIpc) is 2.91. The summed E-state index contributed by atoms with van der Waals surface area (Å²) in [5.41, 5.74) is 6.33. The first-order chi connectivity index (χ1) is 10.0. The predicted molar refractivity (Wildman–Crippen MR) is 77.2 cm³/mol. The minimum Gasteiger partial charge on any atom is -0.399 e. The van der Waals surface area contributed by atoms with Gasteiger partial charge in [-0.15, -0.1) is 0 Å². The molecule has 3 rings (SSSR count). The van der Waals surface area contributed by atoms with E-state index in [2.05, 4.69) is 26.1 Å². The topological polar surface area (TPSA) is 64.9 Å². The van der Waals surface area contributed by atoms with E-state index in [4.69, 9.17) is 10.3 Å². The van der Waals surface area contributed by atoms with Crippen LogP contribution in [0.5, 0.6) is 0 Å². The maximum atomic E-state index is 13.8. The first kappa shape index (κ1) is 13.7. The van der Waals surface area contributed by atoms with Gasteiger partial charge in [0.15, 0.2) is 0 Å². The Labute approximate surface area is 126 Å². The van der Waals surface area contributed by atoms with Crippen LogP contribution in [0.2, 0.25) is 0 Å². The lowest BCUT2D eigenvalue weighted by atomic mass is 10.2. The van der Waals surface area contributed by atoms with E-state index in [-0.39, 0.29) is 17.3 Å². The minimum absolute atomic E-state index is 0.00124. The summed E-state index contributed by atoms with van der Waals surface area (Å²) in [6.07, 6.45) is 0. The van der Waals surface area contributed by atoms with Crippen molar-refractivity contribution in [3.05, 3.63) is 52.5 Å². The van der Waals surface area contributed by atoms with E-state index in [0.717, 1.165) is 6.07 Å². The van der Waals surface area contributed by atoms with Gasteiger partial charge in [0.1, 0.15) is 11.6 Å². The van der Waals surface area contributed by atoms with Crippen LogP contribution >= 0.6 is 15.9 Å². The van der Waals surface area contributed by atoms with E-state index in [0.29, 0.717) is 15.7 Å². The fourth-order valence-electron chi connectivity index (χ4n) is 1.82. The molecule has 0 unspecified atom stereocenters. The molecule has 0 saturated heterocycles. The largest absolute Gasteiger partial charge is 0.399 e. The number of benzene rings is 2. The number of nitrogen functional groups attached to an aromatic ring is 1. The molecule has 0 amide bonds. The standard InChI is InChI=1S/C14H8BrF2N3O/c15-11-4-1-7(16)5-10(11)13-19-14(21-20-13)9-3-2-8(18)6-12(9)17/h1-6H,18H2. The molecule has 1 heterocycles. The number of halogens is 3. The number of hydrogen-bond acceptors (Lipinski definition) is 4. The third-order valence-electron chi connectivity index (χ3n) is 2.82. The third kappa shape index (κ3) is 2.64. The van der Waals surface area contributed by atoms with Crippen molar-refractivity contribution in [3.63, 3.8) is 0 Å². The first-order valence-corrected chi connectivity index (χ1v) is 6.68. The van der Waals surface area contributed by atoms with Gasteiger partial charge in [-0.05, 0) is 36.4 Å². The van der Waals surface area contributed by atoms with Crippen LogP contribution in [0.15, 0.2) is 45.4 Å². The molecule has 2 aromatic carbocycles. The van der Waals surface area contributed by atoms with Crippen LogP contribution in [0.3, 0.4) is 0 Å². The third-order valence-corrected chi connectivity index (χ3v) is 3.51. The highest BCUT2D eigenvalue weighted by molar-refractivity contribution is 9.10. The van der Waals surface area contributed by atoms with Gasteiger partial charge < -0.3 is 10.3 Å². The Morgan fingerprint density at radius 3 is 2.62 bits per heavy atom. The van der Waals surface area contributed by atoms with Gasteiger partial charge in [-0.3, -0.25) is 0 Å². The van der Waals surface area contributed by atoms with Gasteiger partial charge in [0.2, 0.25) is 5.82 Å². The van der Waals surface area contributed by atoms with Crippen molar-refractivity contribution in [3.8, 4) is 22.8 Å². The van der Waals surface area contributed by atoms with Crippen molar-refractivity contribution in [1.82, 2.24) is 10.1 Å². The normalized spacial score (nSPS) is 10.8. The van der Waals surface area contributed by atoms with E-state index in [9.17, 15) is 8.78 Å². The molecule has 0 aliphatic rings. The molecule has 7 heteroatoms. The number of nitrogens with zero attached hydrogens (tertiary/aromatic N) is 2. The molecule has 0 spiro atoms. The lowest BCUT2D eigenvalue weighted by Crippen LogP contribution is -1.90. The molecule has 0 bridgehead atoms. The van der Waals surface area contributed by atoms with Crippen LogP contribution < -0.4 is 5.73 Å². The van der Waals surface area contributed by atoms with E-state index in [1.807, 2.05) is 0 Å². The van der Waals surface area contributed by atoms with Crippen molar-refractivity contribution in [2.75, 3.05) is 5.73 Å². The first-order valence-electron chi connectivity index (χ1n) is 5.89. The molecule has 0 saturated carbocycles. The number of anilines is 1. The second-order valence-electron chi connectivity index (χ2n) is 4.29. The molecule has 21 heavy (non-hydrogen) atoms. The van der Waals surface area contributed by atoms with Crippen LogP contribution in [0, 0.1) is 11.6 Å². The van der Waals surface area contributed by atoms with Gasteiger partial charge in [-0.1, -0.05) is 21.1 Å². The predicted octanol–water partition coefficient (Wildman–Crippen LogP) is 4.03. The molecular formula is C14H8BrF2N3O. The zero-order valence-electron chi connectivity index (χ0n) is 10.5. The molecular weight excluding hydrogens is 344 g/mol. The SMILES string of the molecule is Nc1ccc(-c2nc(-c3cc(F)ccc3Br)no2)c(F)c1. The maximum absolute atomic E-state index is 13.8. The molecule has 0 aliphatic heterocycles. The molecule has 2 N–H and O–H groups in total. The van der Waals surface area contributed by atoms with Crippen molar-refractivity contribution in [1.29, 1.82) is 0 Å².